The lowest BCUT2D eigenvalue weighted by Crippen LogP contribution is -2.29. The maximum absolute atomic E-state index is 11.5. The van der Waals surface area contributed by atoms with E-state index in [9.17, 15) is 9.59 Å². The lowest BCUT2D eigenvalue weighted by Gasteiger charge is -2.26. The Hall–Kier alpha value is -0.860. The van der Waals surface area contributed by atoms with E-state index in [0.717, 1.165) is 19.3 Å². The molecule has 1 heterocycles. The van der Waals surface area contributed by atoms with Crippen molar-refractivity contribution >= 4 is 11.9 Å². The van der Waals surface area contributed by atoms with Crippen LogP contribution in [0.15, 0.2) is 0 Å². The van der Waals surface area contributed by atoms with Crippen LogP contribution in [0.5, 0.6) is 0 Å². The Morgan fingerprint density at radius 3 is 2.64 bits per heavy atom. The van der Waals surface area contributed by atoms with Crippen molar-refractivity contribution < 1.29 is 14.3 Å². The standard InChI is InChI=1S/C11H14O3/c1-2-5-3-6-4-7(5)9-8(6)10(12)14-11(9)13/h5-9H,2-4H2,1H3. The largest absolute Gasteiger partial charge is 0.393 e. The van der Waals surface area contributed by atoms with Crippen molar-refractivity contribution in [3.8, 4) is 0 Å². The summed E-state index contributed by atoms with van der Waals surface area (Å²) in [5.74, 6) is 0.886. The molecule has 76 valence electrons. The van der Waals surface area contributed by atoms with Crippen LogP contribution in [0.1, 0.15) is 26.2 Å². The fraction of sp³-hybridized carbons (Fsp3) is 0.818. The van der Waals surface area contributed by atoms with Gasteiger partial charge in [0.2, 0.25) is 0 Å². The van der Waals surface area contributed by atoms with Crippen molar-refractivity contribution in [2.24, 2.45) is 29.6 Å². The minimum Gasteiger partial charge on any atom is -0.393 e. The molecule has 2 saturated carbocycles. The van der Waals surface area contributed by atoms with Crippen LogP contribution in [0.4, 0.5) is 0 Å². The van der Waals surface area contributed by atoms with E-state index in [2.05, 4.69) is 6.92 Å². The average Bonchev–Trinajstić information content (AvgIpc) is 2.78. The second kappa shape index (κ2) is 2.59. The number of esters is 2. The van der Waals surface area contributed by atoms with Crippen LogP contribution in [0.25, 0.3) is 0 Å². The molecule has 0 spiro atoms. The van der Waals surface area contributed by atoms with Crippen LogP contribution in [-0.2, 0) is 14.3 Å². The molecule has 0 aromatic rings. The number of fused-ring (bicyclic) bond motifs is 5. The molecular formula is C11H14O3. The monoisotopic (exact) mass is 194 g/mol. The van der Waals surface area contributed by atoms with Gasteiger partial charge in [-0.1, -0.05) is 13.3 Å². The minimum absolute atomic E-state index is 0.0738. The molecule has 1 saturated heterocycles. The van der Waals surface area contributed by atoms with Gasteiger partial charge in [-0.05, 0) is 30.6 Å². The number of hydrogen-bond donors (Lipinski definition) is 0. The Morgan fingerprint density at radius 2 is 1.93 bits per heavy atom. The second-order valence-corrected chi connectivity index (χ2v) is 4.86. The van der Waals surface area contributed by atoms with E-state index in [1.807, 2.05) is 0 Å². The van der Waals surface area contributed by atoms with Crippen LogP contribution in [0.3, 0.4) is 0 Å². The van der Waals surface area contributed by atoms with Gasteiger partial charge in [-0.15, -0.1) is 0 Å². The lowest BCUT2D eigenvalue weighted by molar-refractivity contribution is -0.154. The fourth-order valence-electron chi connectivity index (χ4n) is 3.86. The molecule has 3 fully saturated rings. The van der Waals surface area contributed by atoms with Gasteiger partial charge in [-0.2, -0.15) is 0 Å². The van der Waals surface area contributed by atoms with Crippen LogP contribution < -0.4 is 0 Å². The Balaban J connectivity index is 1.94. The highest BCUT2D eigenvalue weighted by Gasteiger charge is 2.62. The van der Waals surface area contributed by atoms with Gasteiger partial charge in [0.15, 0.2) is 0 Å². The number of carbonyl (C=O) groups excluding carboxylic acids is 2. The highest BCUT2D eigenvalue weighted by molar-refractivity contribution is 5.97. The van der Waals surface area contributed by atoms with Gasteiger partial charge < -0.3 is 4.74 Å². The molecule has 5 unspecified atom stereocenters. The zero-order valence-corrected chi connectivity index (χ0v) is 8.23. The number of ether oxygens (including phenoxy) is 1. The normalized spacial score (nSPS) is 49.6. The quantitative estimate of drug-likeness (QED) is 0.467. The highest BCUT2D eigenvalue weighted by atomic mass is 16.6. The van der Waals surface area contributed by atoms with E-state index >= 15 is 0 Å². The molecule has 3 heteroatoms. The number of rotatable bonds is 1. The predicted molar refractivity (Wildman–Crippen MR) is 48.1 cm³/mol. The second-order valence-electron chi connectivity index (χ2n) is 4.86. The summed E-state index contributed by atoms with van der Waals surface area (Å²) < 4.78 is 4.72. The van der Waals surface area contributed by atoms with Crippen molar-refractivity contribution in [1.29, 1.82) is 0 Å². The van der Waals surface area contributed by atoms with E-state index in [0.29, 0.717) is 17.8 Å². The minimum atomic E-state index is -0.248. The van der Waals surface area contributed by atoms with Gasteiger partial charge in [-0.25, -0.2) is 0 Å². The van der Waals surface area contributed by atoms with Gasteiger partial charge in [0, 0.05) is 0 Å². The smallest absolute Gasteiger partial charge is 0.317 e. The fourth-order valence-corrected chi connectivity index (χ4v) is 3.86. The Labute approximate surface area is 82.8 Å². The molecule has 1 aliphatic heterocycles. The zero-order valence-electron chi connectivity index (χ0n) is 8.23. The van der Waals surface area contributed by atoms with Crippen molar-refractivity contribution in [3.63, 3.8) is 0 Å². The third-order valence-electron chi connectivity index (χ3n) is 4.41. The summed E-state index contributed by atoms with van der Waals surface area (Å²) in [4.78, 5) is 22.9. The Bertz CT molecular complexity index is 310. The predicted octanol–water partition coefficient (Wildman–Crippen LogP) is 1.37. The molecule has 0 radical (unpaired) electrons. The van der Waals surface area contributed by atoms with Gasteiger partial charge in [0.1, 0.15) is 0 Å². The van der Waals surface area contributed by atoms with Gasteiger partial charge in [0.05, 0.1) is 11.8 Å². The first-order valence-corrected chi connectivity index (χ1v) is 5.48. The molecule has 2 aliphatic carbocycles. The third kappa shape index (κ3) is 0.830. The number of carbonyl (C=O) groups is 2. The summed E-state index contributed by atoms with van der Waals surface area (Å²) in [6, 6.07) is 0. The number of cyclic esters (lactones) is 2. The molecule has 0 aromatic carbocycles. The summed E-state index contributed by atoms with van der Waals surface area (Å²) in [6.45, 7) is 2.17. The molecule has 3 rings (SSSR count). The molecular weight excluding hydrogens is 180 g/mol. The molecule has 5 atom stereocenters. The third-order valence-corrected chi connectivity index (χ3v) is 4.41. The zero-order chi connectivity index (χ0) is 9.87. The Kier molecular flexibility index (Phi) is 1.56. The summed E-state index contributed by atoms with van der Waals surface area (Å²) in [5, 5.41) is 0. The summed E-state index contributed by atoms with van der Waals surface area (Å²) >= 11 is 0. The van der Waals surface area contributed by atoms with E-state index in [-0.39, 0.29) is 23.8 Å². The first-order valence-electron chi connectivity index (χ1n) is 5.48. The Morgan fingerprint density at radius 1 is 1.21 bits per heavy atom. The summed E-state index contributed by atoms with van der Waals surface area (Å²) in [5.41, 5.74) is 0. The topological polar surface area (TPSA) is 43.4 Å². The lowest BCUT2D eigenvalue weighted by atomic mass is 9.74. The molecule has 3 nitrogen and oxygen atoms in total. The molecule has 3 aliphatic rings. The molecule has 2 bridgehead atoms. The van der Waals surface area contributed by atoms with E-state index in [1.165, 1.54) is 0 Å². The van der Waals surface area contributed by atoms with Crippen molar-refractivity contribution in [3.05, 3.63) is 0 Å². The first kappa shape index (κ1) is 8.45. The first-order chi connectivity index (χ1) is 6.72. The molecule has 0 aromatic heterocycles. The van der Waals surface area contributed by atoms with Crippen LogP contribution in [0, 0.1) is 29.6 Å². The van der Waals surface area contributed by atoms with Crippen molar-refractivity contribution in [2.75, 3.05) is 0 Å². The van der Waals surface area contributed by atoms with Gasteiger partial charge in [-0.3, -0.25) is 9.59 Å². The van der Waals surface area contributed by atoms with E-state index in [1.54, 1.807) is 0 Å². The van der Waals surface area contributed by atoms with Crippen molar-refractivity contribution in [1.82, 2.24) is 0 Å². The van der Waals surface area contributed by atoms with Crippen LogP contribution in [0.2, 0.25) is 0 Å². The van der Waals surface area contributed by atoms with Crippen LogP contribution >= 0.6 is 0 Å². The summed E-state index contributed by atoms with van der Waals surface area (Å²) in [6.07, 6.45) is 3.34. The summed E-state index contributed by atoms with van der Waals surface area (Å²) in [7, 11) is 0. The van der Waals surface area contributed by atoms with E-state index in [4.69, 9.17) is 4.74 Å². The highest BCUT2D eigenvalue weighted by Crippen LogP contribution is 2.58. The molecule has 0 N–H and O–H groups in total. The maximum Gasteiger partial charge on any atom is 0.317 e. The SMILES string of the molecule is CCC1CC2CC1C1C(=O)OC(=O)C21. The average molecular weight is 194 g/mol. The number of hydrogen-bond acceptors (Lipinski definition) is 3. The van der Waals surface area contributed by atoms with Gasteiger partial charge >= 0.3 is 11.9 Å². The maximum atomic E-state index is 11.5. The molecule has 14 heavy (non-hydrogen) atoms. The van der Waals surface area contributed by atoms with Gasteiger partial charge in [0.25, 0.3) is 0 Å². The van der Waals surface area contributed by atoms with Crippen LogP contribution in [-0.4, -0.2) is 11.9 Å². The van der Waals surface area contributed by atoms with E-state index < -0.39 is 0 Å². The molecule has 0 amide bonds. The van der Waals surface area contributed by atoms with Crippen molar-refractivity contribution in [2.45, 2.75) is 26.2 Å².